The maximum atomic E-state index is 12.9. The van der Waals surface area contributed by atoms with E-state index in [0.717, 1.165) is 48.4 Å². The lowest BCUT2D eigenvalue weighted by molar-refractivity contribution is -0.127. The molecule has 2 amide bonds. The summed E-state index contributed by atoms with van der Waals surface area (Å²) in [5.74, 6) is 2.43. The Morgan fingerprint density at radius 1 is 1.04 bits per heavy atom. The highest BCUT2D eigenvalue weighted by atomic mass is 16.2. The van der Waals surface area contributed by atoms with Crippen molar-refractivity contribution in [2.24, 2.45) is 17.8 Å². The van der Waals surface area contributed by atoms with Gasteiger partial charge in [0.2, 0.25) is 11.8 Å². The molecule has 4 saturated carbocycles. The van der Waals surface area contributed by atoms with Crippen LogP contribution in [0.2, 0.25) is 0 Å². The van der Waals surface area contributed by atoms with Crippen molar-refractivity contribution in [1.82, 2.24) is 5.32 Å². The molecule has 0 radical (unpaired) electrons. The molecule has 4 aliphatic carbocycles. The van der Waals surface area contributed by atoms with E-state index in [1.165, 1.54) is 26.2 Å². The summed E-state index contributed by atoms with van der Waals surface area (Å²) in [4.78, 5) is 24.1. The van der Waals surface area contributed by atoms with E-state index in [9.17, 15) is 9.59 Å². The fourth-order valence-corrected chi connectivity index (χ4v) is 5.84. The van der Waals surface area contributed by atoms with Crippen molar-refractivity contribution in [2.45, 2.75) is 64.0 Å². The van der Waals surface area contributed by atoms with E-state index in [2.05, 4.69) is 16.0 Å². The van der Waals surface area contributed by atoms with Crippen LogP contribution >= 0.6 is 0 Å². The monoisotopic (exact) mass is 355 g/mol. The molecule has 1 atom stereocenters. The predicted molar refractivity (Wildman–Crippen MR) is 103 cm³/mol. The highest BCUT2D eigenvalue weighted by Gasteiger charge is 2.51. The van der Waals surface area contributed by atoms with E-state index in [1.807, 2.05) is 31.2 Å². The predicted octanol–water partition coefficient (Wildman–Crippen LogP) is 3.53. The van der Waals surface area contributed by atoms with Crippen molar-refractivity contribution in [3.05, 3.63) is 24.3 Å². The van der Waals surface area contributed by atoms with Gasteiger partial charge in [-0.2, -0.15) is 0 Å². The Morgan fingerprint density at radius 3 is 2.19 bits per heavy atom. The van der Waals surface area contributed by atoms with Gasteiger partial charge in [-0.05, 0) is 81.4 Å². The molecule has 0 heterocycles. The summed E-state index contributed by atoms with van der Waals surface area (Å²) >= 11 is 0. The van der Waals surface area contributed by atoms with Gasteiger partial charge in [-0.15, -0.1) is 0 Å². The van der Waals surface area contributed by atoms with E-state index in [0.29, 0.717) is 0 Å². The molecule has 0 spiro atoms. The maximum absolute atomic E-state index is 12.9. The molecule has 0 aliphatic heterocycles. The zero-order valence-electron chi connectivity index (χ0n) is 15.7. The Morgan fingerprint density at radius 2 is 1.62 bits per heavy atom. The third kappa shape index (κ3) is 3.57. The summed E-state index contributed by atoms with van der Waals surface area (Å²) in [6.45, 7) is 3.39. The number of benzene rings is 1. The van der Waals surface area contributed by atoms with Gasteiger partial charge < -0.3 is 16.0 Å². The van der Waals surface area contributed by atoms with Crippen molar-refractivity contribution in [3.8, 4) is 0 Å². The molecule has 4 bridgehead atoms. The summed E-state index contributed by atoms with van der Waals surface area (Å²) < 4.78 is 0. The van der Waals surface area contributed by atoms with Crippen LogP contribution in [-0.4, -0.2) is 23.4 Å². The number of amides is 2. The number of carbonyl (C=O) groups excluding carboxylic acids is 2. The molecular formula is C21H29N3O2. The minimum absolute atomic E-state index is 0.0415. The number of rotatable bonds is 5. The SMILES string of the molecule is CC(=O)Nc1cccc(N[C@@H](C)C(=O)NC23CC4CC(CC(C4)C2)C3)c1. The lowest BCUT2D eigenvalue weighted by atomic mass is 9.53. The van der Waals surface area contributed by atoms with Crippen LogP contribution in [-0.2, 0) is 9.59 Å². The Hall–Kier alpha value is -2.04. The molecule has 0 saturated heterocycles. The first-order valence-electron chi connectivity index (χ1n) is 9.87. The topological polar surface area (TPSA) is 70.2 Å². The Bertz CT molecular complexity index is 680. The van der Waals surface area contributed by atoms with Crippen LogP contribution in [0.15, 0.2) is 24.3 Å². The van der Waals surface area contributed by atoms with Gasteiger partial charge >= 0.3 is 0 Å². The van der Waals surface area contributed by atoms with E-state index in [4.69, 9.17) is 0 Å². The molecule has 3 N–H and O–H groups in total. The van der Waals surface area contributed by atoms with Crippen molar-refractivity contribution in [2.75, 3.05) is 10.6 Å². The molecular weight excluding hydrogens is 326 g/mol. The second kappa shape index (κ2) is 6.60. The zero-order chi connectivity index (χ0) is 18.3. The summed E-state index contributed by atoms with van der Waals surface area (Å²) in [7, 11) is 0. The molecule has 5 rings (SSSR count). The lowest BCUT2D eigenvalue weighted by Gasteiger charge is -2.57. The summed E-state index contributed by atoms with van der Waals surface area (Å²) in [6, 6.07) is 7.18. The molecule has 0 unspecified atom stereocenters. The first-order chi connectivity index (χ1) is 12.4. The lowest BCUT2D eigenvalue weighted by Crippen LogP contribution is -2.61. The number of hydrogen-bond acceptors (Lipinski definition) is 3. The summed E-state index contributed by atoms with van der Waals surface area (Å²) in [5.41, 5.74) is 1.61. The Kier molecular flexibility index (Phi) is 4.41. The number of anilines is 2. The smallest absolute Gasteiger partial charge is 0.242 e. The largest absolute Gasteiger partial charge is 0.374 e. The van der Waals surface area contributed by atoms with Crippen LogP contribution < -0.4 is 16.0 Å². The first-order valence-corrected chi connectivity index (χ1v) is 9.87. The van der Waals surface area contributed by atoms with Crippen LogP contribution in [0.5, 0.6) is 0 Å². The van der Waals surface area contributed by atoms with E-state index in [-0.39, 0.29) is 23.4 Å². The van der Waals surface area contributed by atoms with Crippen LogP contribution in [0.3, 0.4) is 0 Å². The van der Waals surface area contributed by atoms with Gasteiger partial charge in [0.25, 0.3) is 0 Å². The zero-order valence-corrected chi connectivity index (χ0v) is 15.7. The quantitative estimate of drug-likeness (QED) is 0.757. The van der Waals surface area contributed by atoms with Gasteiger partial charge in [0.05, 0.1) is 0 Å². The molecule has 1 aromatic rings. The molecule has 1 aromatic carbocycles. The Balaban J connectivity index is 1.39. The highest BCUT2D eigenvalue weighted by Crippen LogP contribution is 2.55. The minimum Gasteiger partial charge on any atom is -0.374 e. The van der Waals surface area contributed by atoms with Gasteiger partial charge in [-0.1, -0.05) is 6.07 Å². The number of carbonyl (C=O) groups is 2. The summed E-state index contributed by atoms with van der Waals surface area (Å²) in [5, 5.41) is 9.47. The average Bonchev–Trinajstić information content (AvgIpc) is 2.52. The van der Waals surface area contributed by atoms with Crippen LogP contribution in [0, 0.1) is 17.8 Å². The summed E-state index contributed by atoms with van der Waals surface area (Å²) in [6.07, 6.45) is 7.61. The third-order valence-corrected chi connectivity index (χ3v) is 6.39. The molecule has 140 valence electrons. The molecule has 0 aromatic heterocycles. The molecule has 4 aliphatic rings. The van der Waals surface area contributed by atoms with Gasteiger partial charge in [-0.25, -0.2) is 0 Å². The molecule has 26 heavy (non-hydrogen) atoms. The van der Waals surface area contributed by atoms with Crippen LogP contribution in [0.25, 0.3) is 0 Å². The first kappa shape index (κ1) is 17.4. The van der Waals surface area contributed by atoms with Crippen molar-refractivity contribution >= 4 is 23.2 Å². The van der Waals surface area contributed by atoms with E-state index >= 15 is 0 Å². The number of hydrogen-bond donors (Lipinski definition) is 3. The molecule has 5 nitrogen and oxygen atoms in total. The van der Waals surface area contributed by atoms with Crippen molar-refractivity contribution in [3.63, 3.8) is 0 Å². The van der Waals surface area contributed by atoms with Gasteiger partial charge in [0.15, 0.2) is 0 Å². The van der Waals surface area contributed by atoms with E-state index < -0.39 is 0 Å². The van der Waals surface area contributed by atoms with Gasteiger partial charge in [0.1, 0.15) is 6.04 Å². The van der Waals surface area contributed by atoms with Gasteiger partial charge in [-0.3, -0.25) is 9.59 Å². The maximum Gasteiger partial charge on any atom is 0.242 e. The van der Waals surface area contributed by atoms with Crippen molar-refractivity contribution in [1.29, 1.82) is 0 Å². The second-order valence-electron chi connectivity index (χ2n) is 8.82. The van der Waals surface area contributed by atoms with Gasteiger partial charge in [0, 0.05) is 23.8 Å². The second-order valence-corrected chi connectivity index (χ2v) is 8.82. The molecule has 5 heteroatoms. The van der Waals surface area contributed by atoms with E-state index in [1.54, 1.807) is 0 Å². The standard InChI is InChI=1S/C21H29N3O2/c1-13(22-18-4-3-5-19(9-18)23-14(2)25)20(26)24-21-10-15-6-16(11-21)8-17(7-15)12-21/h3-5,9,13,15-17,22H,6-8,10-12H2,1-2H3,(H,23,25)(H,24,26)/t13-,15?,16?,17?,21?/m0/s1. The fourth-order valence-electron chi connectivity index (χ4n) is 5.84. The third-order valence-electron chi connectivity index (χ3n) is 6.39. The number of nitrogens with one attached hydrogen (secondary N) is 3. The normalized spacial score (nSPS) is 32.8. The van der Waals surface area contributed by atoms with Crippen LogP contribution in [0.1, 0.15) is 52.4 Å². The molecule has 4 fully saturated rings. The minimum atomic E-state index is -0.310. The average molecular weight is 355 g/mol. The fraction of sp³-hybridized carbons (Fsp3) is 0.619. The van der Waals surface area contributed by atoms with Crippen molar-refractivity contribution < 1.29 is 9.59 Å². The van der Waals surface area contributed by atoms with Crippen LogP contribution in [0.4, 0.5) is 11.4 Å². The highest BCUT2D eigenvalue weighted by molar-refractivity contribution is 5.89. The Labute approximate surface area is 155 Å².